The Morgan fingerprint density at radius 3 is 2.35 bits per heavy atom. The Morgan fingerprint density at radius 1 is 1.11 bits per heavy atom. The molecule has 5 nitrogen and oxygen atoms in total. The minimum atomic E-state index is -0.773. The van der Waals surface area contributed by atoms with Crippen LogP contribution in [0.3, 0.4) is 0 Å². The van der Waals surface area contributed by atoms with Gasteiger partial charge in [0.25, 0.3) is 0 Å². The Morgan fingerprint density at radius 2 is 1.76 bits per heavy atom. The molecule has 1 unspecified atom stereocenters. The number of aryl methyl sites for hydroxylation is 2. The quantitative estimate of drug-likeness (QED) is 0.265. The van der Waals surface area contributed by atoms with Gasteiger partial charge in [-0.3, -0.25) is 4.79 Å². The zero-order valence-corrected chi connectivity index (χ0v) is 23.2. The van der Waals surface area contributed by atoms with Gasteiger partial charge in [-0.1, -0.05) is 41.9 Å². The number of carbonyl (C=O) groups excluding carboxylic acids is 1. The van der Waals surface area contributed by atoms with Gasteiger partial charge in [-0.25, -0.2) is 4.98 Å². The Bertz CT molecular complexity index is 1540. The van der Waals surface area contributed by atoms with E-state index in [9.17, 15) is 10.1 Å². The van der Waals surface area contributed by atoms with Gasteiger partial charge in [0.2, 0.25) is 0 Å². The van der Waals surface area contributed by atoms with Gasteiger partial charge in [0.1, 0.15) is 11.8 Å². The van der Waals surface area contributed by atoms with Crippen molar-refractivity contribution in [1.29, 1.82) is 5.26 Å². The van der Waals surface area contributed by atoms with E-state index in [0.29, 0.717) is 17.1 Å². The highest BCUT2D eigenvalue weighted by atomic mass is 35.5. The number of ether oxygens (including phenoxy) is 1. The third-order valence-corrected chi connectivity index (χ3v) is 6.94. The molecule has 0 saturated heterocycles. The summed E-state index contributed by atoms with van der Waals surface area (Å²) in [6.07, 6.45) is -0.773. The number of Topliss-reactive ketones (excluding diaryl/α,β-unsaturated/α-hetero) is 1. The van der Waals surface area contributed by atoms with Crippen LogP contribution in [0.2, 0.25) is 5.02 Å². The first-order valence-electron chi connectivity index (χ1n) is 12.3. The van der Waals surface area contributed by atoms with Crippen LogP contribution in [0.4, 0.5) is 0 Å². The summed E-state index contributed by atoms with van der Waals surface area (Å²) in [7, 11) is 0. The molecule has 0 aliphatic heterocycles. The van der Waals surface area contributed by atoms with Crippen molar-refractivity contribution in [2.24, 2.45) is 0 Å². The van der Waals surface area contributed by atoms with E-state index < -0.39 is 11.7 Å². The van der Waals surface area contributed by atoms with Crippen molar-refractivity contribution < 1.29 is 9.53 Å². The van der Waals surface area contributed by atoms with Gasteiger partial charge in [-0.15, -0.1) is 0 Å². The number of aromatic nitrogens is 2. The molecule has 0 amide bonds. The lowest BCUT2D eigenvalue weighted by molar-refractivity contribution is -0.138. The van der Waals surface area contributed by atoms with Crippen LogP contribution in [0.5, 0.6) is 0 Å². The molecule has 0 N–H and O–H groups in total. The number of fused-ring (bicyclic) bond motifs is 1. The molecular weight excluding hydrogens is 482 g/mol. The van der Waals surface area contributed by atoms with E-state index in [-0.39, 0.29) is 5.78 Å². The van der Waals surface area contributed by atoms with Gasteiger partial charge in [0.05, 0.1) is 23.8 Å². The van der Waals surface area contributed by atoms with Crippen LogP contribution in [0.1, 0.15) is 67.4 Å². The fourth-order valence-corrected chi connectivity index (χ4v) is 4.99. The normalized spacial score (nSPS) is 12.5. The Hall–Kier alpha value is -3.46. The summed E-state index contributed by atoms with van der Waals surface area (Å²) >= 11 is 6.25. The van der Waals surface area contributed by atoms with E-state index in [1.54, 1.807) is 6.92 Å². The molecule has 190 valence electrons. The first kappa shape index (κ1) is 26.6. The van der Waals surface area contributed by atoms with Crippen molar-refractivity contribution in [1.82, 2.24) is 9.55 Å². The number of carbonyl (C=O) groups is 1. The minimum absolute atomic E-state index is 0.0776. The van der Waals surface area contributed by atoms with E-state index in [4.69, 9.17) is 21.3 Å². The summed E-state index contributed by atoms with van der Waals surface area (Å²) in [4.78, 5) is 18.1. The summed E-state index contributed by atoms with van der Waals surface area (Å²) in [6.45, 7) is 14.0. The van der Waals surface area contributed by atoms with E-state index in [1.807, 2.05) is 76.2 Å². The van der Waals surface area contributed by atoms with Crippen molar-refractivity contribution in [3.8, 4) is 17.2 Å². The van der Waals surface area contributed by atoms with Crippen LogP contribution >= 0.6 is 11.6 Å². The number of ketones is 1. The molecule has 2 aromatic carbocycles. The molecule has 0 radical (unpaired) electrons. The first-order chi connectivity index (χ1) is 17.4. The SMILES string of the molecule is CC(=O)C(OC(C)(C)C)c1c(C)nc2c(c(C)c(C)n2Cc2ccccc2C#N)c1-c1ccc(Cl)cc1. The fourth-order valence-electron chi connectivity index (χ4n) is 4.86. The molecular formula is C31H32ClN3O2. The number of hydrogen-bond acceptors (Lipinski definition) is 4. The molecule has 0 bridgehead atoms. The average molecular weight is 514 g/mol. The van der Waals surface area contributed by atoms with Crippen molar-refractivity contribution >= 4 is 28.4 Å². The van der Waals surface area contributed by atoms with Crippen LogP contribution in [-0.2, 0) is 16.1 Å². The zero-order valence-electron chi connectivity index (χ0n) is 22.4. The highest BCUT2D eigenvalue weighted by Crippen LogP contribution is 2.42. The van der Waals surface area contributed by atoms with E-state index in [2.05, 4.69) is 24.5 Å². The molecule has 1 atom stereocenters. The lowest BCUT2D eigenvalue weighted by Gasteiger charge is -2.29. The molecule has 0 saturated carbocycles. The largest absolute Gasteiger partial charge is 0.360 e. The summed E-state index contributed by atoms with van der Waals surface area (Å²) in [5.41, 5.74) is 7.35. The zero-order chi connectivity index (χ0) is 27.1. The molecule has 0 spiro atoms. The van der Waals surface area contributed by atoms with Gasteiger partial charge in [0, 0.05) is 32.9 Å². The van der Waals surface area contributed by atoms with Gasteiger partial charge >= 0.3 is 0 Å². The minimum Gasteiger partial charge on any atom is -0.360 e. The summed E-state index contributed by atoms with van der Waals surface area (Å²) in [5.74, 6) is -0.0776. The molecule has 4 rings (SSSR count). The maximum atomic E-state index is 13.0. The third kappa shape index (κ3) is 5.18. The molecule has 0 aliphatic rings. The number of halogens is 1. The predicted octanol–water partition coefficient (Wildman–Crippen LogP) is 7.65. The topological polar surface area (TPSA) is 67.9 Å². The lowest BCUT2D eigenvalue weighted by Crippen LogP contribution is -2.27. The van der Waals surface area contributed by atoms with Crippen LogP contribution < -0.4 is 0 Å². The fraction of sp³-hybridized carbons (Fsp3) is 0.323. The van der Waals surface area contributed by atoms with Gasteiger partial charge < -0.3 is 9.30 Å². The second kappa shape index (κ2) is 10.1. The van der Waals surface area contributed by atoms with Crippen LogP contribution in [0.25, 0.3) is 22.2 Å². The van der Waals surface area contributed by atoms with Crippen LogP contribution in [-0.4, -0.2) is 20.9 Å². The van der Waals surface area contributed by atoms with Crippen molar-refractivity contribution in [3.63, 3.8) is 0 Å². The molecule has 0 fully saturated rings. The summed E-state index contributed by atoms with van der Waals surface area (Å²) in [6, 6.07) is 17.6. The number of nitriles is 1. The average Bonchev–Trinajstić information content (AvgIpc) is 3.06. The Balaban J connectivity index is 2.08. The molecule has 2 aromatic heterocycles. The Kier molecular flexibility index (Phi) is 7.28. The highest BCUT2D eigenvalue weighted by Gasteiger charge is 2.32. The number of benzene rings is 2. The maximum absolute atomic E-state index is 13.0. The monoisotopic (exact) mass is 513 g/mol. The number of hydrogen-bond donors (Lipinski definition) is 0. The Labute approximate surface area is 223 Å². The standard InChI is InChI=1S/C31H32ClN3O2/c1-18-20(3)35(17-24-11-9-8-10-23(24)16-33)30-26(18)28(22-12-14-25(32)15-13-22)27(19(2)34-30)29(21(4)36)37-31(5,6)7/h8-15,29H,17H2,1-7H3. The van der Waals surface area contributed by atoms with Gasteiger partial charge in [0.15, 0.2) is 5.78 Å². The number of rotatable bonds is 6. The lowest BCUT2D eigenvalue weighted by atomic mass is 9.90. The predicted molar refractivity (Wildman–Crippen MR) is 149 cm³/mol. The van der Waals surface area contributed by atoms with Crippen molar-refractivity contribution in [2.75, 3.05) is 0 Å². The molecule has 0 aliphatic carbocycles. The van der Waals surface area contributed by atoms with Crippen molar-refractivity contribution in [3.05, 3.63) is 87.2 Å². The van der Waals surface area contributed by atoms with Gasteiger partial charge in [-0.2, -0.15) is 5.26 Å². The van der Waals surface area contributed by atoms with Crippen LogP contribution in [0.15, 0.2) is 48.5 Å². The van der Waals surface area contributed by atoms with E-state index in [1.165, 1.54) is 0 Å². The molecule has 6 heteroatoms. The second-order valence-electron chi connectivity index (χ2n) is 10.5. The highest BCUT2D eigenvalue weighted by molar-refractivity contribution is 6.30. The summed E-state index contributed by atoms with van der Waals surface area (Å²) in [5, 5.41) is 11.3. The first-order valence-corrected chi connectivity index (χ1v) is 12.7. The van der Waals surface area contributed by atoms with Crippen LogP contribution in [0, 0.1) is 32.1 Å². The number of pyridine rings is 1. The van der Waals surface area contributed by atoms with Crippen molar-refractivity contribution in [2.45, 2.75) is 66.7 Å². The third-order valence-electron chi connectivity index (χ3n) is 6.69. The van der Waals surface area contributed by atoms with Gasteiger partial charge in [-0.05, 0) is 83.4 Å². The van der Waals surface area contributed by atoms with E-state index in [0.717, 1.165) is 50.2 Å². The smallest absolute Gasteiger partial charge is 0.163 e. The van der Waals surface area contributed by atoms with E-state index >= 15 is 0 Å². The second-order valence-corrected chi connectivity index (χ2v) is 10.9. The maximum Gasteiger partial charge on any atom is 0.163 e. The molecule has 2 heterocycles. The molecule has 4 aromatic rings. The summed E-state index contributed by atoms with van der Waals surface area (Å²) < 4.78 is 8.50. The molecule has 37 heavy (non-hydrogen) atoms. The number of nitrogens with zero attached hydrogens (tertiary/aromatic N) is 3.